The highest BCUT2D eigenvalue weighted by Crippen LogP contribution is 2.43. The molecule has 0 N–H and O–H groups in total. The molecule has 0 aromatic heterocycles. The summed E-state index contributed by atoms with van der Waals surface area (Å²) >= 11 is 0. The van der Waals surface area contributed by atoms with E-state index in [2.05, 4.69) is 20.8 Å². The van der Waals surface area contributed by atoms with Crippen LogP contribution in [0.1, 0.15) is 46.5 Å². The maximum absolute atomic E-state index is 2.41. The van der Waals surface area contributed by atoms with E-state index in [1.165, 1.54) is 35.9 Å². The summed E-state index contributed by atoms with van der Waals surface area (Å²) in [6, 6.07) is 0. The fourth-order valence-electron chi connectivity index (χ4n) is 2.60. The molecule has 0 bridgehead atoms. The zero-order chi connectivity index (χ0) is 8.48. The van der Waals surface area contributed by atoms with Crippen LogP contribution in [-0.2, 0) is 0 Å². The van der Waals surface area contributed by atoms with Gasteiger partial charge in [0.05, 0.1) is 0 Å². The Balaban J connectivity index is 2.55. The first-order valence-electron chi connectivity index (χ1n) is 5.02. The van der Waals surface area contributed by atoms with Crippen LogP contribution in [0.15, 0.2) is 0 Å². The average molecular weight is 170 g/mol. The largest absolute Gasteiger partial charge is 0.0599 e. The zero-order valence-electron chi connectivity index (χ0n) is 8.48. The SMILES string of the molecule is CC(C)(C)C1CCCCC1[SiH3]. The summed E-state index contributed by atoms with van der Waals surface area (Å²) in [7, 11) is 1.41. The molecule has 1 fully saturated rings. The fraction of sp³-hybridized carbons (Fsp3) is 1.00. The van der Waals surface area contributed by atoms with Crippen LogP contribution in [0, 0.1) is 11.3 Å². The Morgan fingerprint density at radius 1 is 1.09 bits per heavy atom. The minimum Gasteiger partial charge on any atom is -0.0599 e. The molecule has 1 heteroatoms. The van der Waals surface area contributed by atoms with Crippen molar-refractivity contribution in [2.75, 3.05) is 0 Å². The first-order valence-corrected chi connectivity index (χ1v) is 6.17. The van der Waals surface area contributed by atoms with Crippen LogP contribution >= 0.6 is 0 Å². The van der Waals surface area contributed by atoms with Crippen molar-refractivity contribution in [3.8, 4) is 0 Å². The molecule has 1 aliphatic rings. The van der Waals surface area contributed by atoms with E-state index in [9.17, 15) is 0 Å². The van der Waals surface area contributed by atoms with Crippen LogP contribution in [0.25, 0.3) is 0 Å². The Kier molecular flexibility index (Phi) is 2.79. The van der Waals surface area contributed by atoms with E-state index >= 15 is 0 Å². The third-order valence-electron chi connectivity index (χ3n) is 3.22. The normalized spacial score (nSPS) is 34.1. The molecule has 0 aromatic carbocycles. The lowest BCUT2D eigenvalue weighted by atomic mass is 9.72. The van der Waals surface area contributed by atoms with Gasteiger partial charge in [-0.2, -0.15) is 0 Å². The number of rotatable bonds is 0. The second-order valence-corrected chi connectivity index (χ2v) is 6.72. The van der Waals surface area contributed by atoms with Gasteiger partial charge in [0.2, 0.25) is 0 Å². The summed E-state index contributed by atoms with van der Waals surface area (Å²) in [5, 5.41) is 0. The summed E-state index contributed by atoms with van der Waals surface area (Å²) < 4.78 is 0. The minimum atomic E-state index is 0.576. The maximum Gasteiger partial charge on any atom is 0.00710 e. The van der Waals surface area contributed by atoms with Crippen LogP contribution in [0.2, 0.25) is 5.54 Å². The van der Waals surface area contributed by atoms with Crippen LogP contribution in [0.5, 0.6) is 0 Å². The van der Waals surface area contributed by atoms with Gasteiger partial charge in [0.1, 0.15) is 0 Å². The predicted molar refractivity (Wildman–Crippen MR) is 55.1 cm³/mol. The predicted octanol–water partition coefficient (Wildman–Crippen LogP) is 2.38. The monoisotopic (exact) mass is 170 g/mol. The average Bonchev–Trinajstić information content (AvgIpc) is 1.86. The molecular formula is C10H22Si. The highest BCUT2D eigenvalue weighted by atomic mass is 28.1. The van der Waals surface area contributed by atoms with Gasteiger partial charge in [-0.05, 0) is 17.8 Å². The van der Waals surface area contributed by atoms with Gasteiger partial charge in [-0.1, -0.05) is 45.6 Å². The lowest BCUT2D eigenvalue weighted by Gasteiger charge is -2.38. The van der Waals surface area contributed by atoms with Gasteiger partial charge in [0, 0.05) is 10.2 Å². The molecule has 66 valence electrons. The zero-order valence-corrected chi connectivity index (χ0v) is 10.5. The van der Waals surface area contributed by atoms with Crippen molar-refractivity contribution in [1.29, 1.82) is 0 Å². The molecular weight excluding hydrogens is 148 g/mol. The van der Waals surface area contributed by atoms with Gasteiger partial charge in [0.15, 0.2) is 0 Å². The summed E-state index contributed by atoms with van der Waals surface area (Å²) in [5.41, 5.74) is 1.68. The molecule has 0 amide bonds. The molecule has 0 spiro atoms. The van der Waals surface area contributed by atoms with E-state index in [0.717, 1.165) is 11.5 Å². The van der Waals surface area contributed by atoms with E-state index in [-0.39, 0.29) is 0 Å². The van der Waals surface area contributed by atoms with Gasteiger partial charge in [-0.15, -0.1) is 0 Å². The summed E-state index contributed by atoms with van der Waals surface area (Å²) in [6.07, 6.45) is 6.01. The smallest absolute Gasteiger partial charge is 0.00710 e. The lowest BCUT2D eigenvalue weighted by Crippen LogP contribution is -2.27. The van der Waals surface area contributed by atoms with Crippen LogP contribution < -0.4 is 0 Å². The van der Waals surface area contributed by atoms with Gasteiger partial charge >= 0.3 is 0 Å². The second kappa shape index (κ2) is 3.30. The molecule has 2 atom stereocenters. The molecule has 0 nitrogen and oxygen atoms in total. The topological polar surface area (TPSA) is 0 Å². The van der Waals surface area contributed by atoms with Crippen molar-refractivity contribution in [3.05, 3.63) is 0 Å². The van der Waals surface area contributed by atoms with E-state index in [0.29, 0.717) is 5.41 Å². The molecule has 2 unspecified atom stereocenters. The second-order valence-electron chi connectivity index (χ2n) is 5.23. The maximum atomic E-state index is 2.41. The first kappa shape index (κ1) is 9.31. The molecule has 0 aliphatic heterocycles. The van der Waals surface area contributed by atoms with Crippen molar-refractivity contribution < 1.29 is 0 Å². The van der Waals surface area contributed by atoms with Crippen molar-refractivity contribution in [2.24, 2.45) is 11.3 Å². The van der Waals surface area contributed by atoms with Crippen molar-refractivity contribution in [1.82, 2.24) is 0 Å². The summed E-state index contributed by atoms with van der Waals surface area (Å²) in [5.74, 6) is 1.03. The van der Waals surface area contributed by atoms with E-state index in [1.54, 1.807) is 0 Å². The Morgan fingerprint density at radius 2 is 1.64 bits per heavy atom. The highest BCUT2D eigenvalue weighted by molar-refractivity contribution is 6.11. The van der Waals surface area contributed by atoms with E-state index in [1.807, 2.05) is 0 Å². The molecule has 0 heterocycles. The third kappa shape index (κ3) is 2.33. The Morgan fingerprint density at radius 3 is 2.00 bits per heavy atom. The molecule has 1 aliphatic carbocycles. The summed E-state index contributed by atoms with van der Waals surface area (Å²) in [4.78, 5) is 0. The fourth-order valence-corrected chi connectivity index (χ4v) is 4.34. The molecule has 11 heavy (non-hydrogen) atoms. The Hall–Kier alpha value is 0.217. The van der Waals surface area contributed by atoms with Crippen LogP contribution in [0.3, 0.4) is 0 Å². The first-order chi connectivity index (χ1) is 5.02. The van der Waals surface area contributed by atoms with Gasteiger partial charge in [-0.3, -0.25) is 0 Å². The van der Waals surface area contributed by atoms with E-state index < -0.39 is 0 Å². The Bertz CT molecular complexity index is 123. The highest BCUT2D eigenvalue weighted by Gasteiger charge is 2.30. The van der Waals surface area contributed by atoms with Crippen molar-refractivity contribution >= 4 is 10.2 Å². The summed E-state index contributed by atoms with van der Waals surface area (Å²) in [6.45, 7) is 7.23. The third-order valence-corrected chi connectivity index (χ3v) is 4.61. The lowest BCUT2D eigenvalue weighted by molar-refractivity contribution is 0.181. The number of hydrogen-bond donors (Lipinski definition) is 0. The quantitative estimate of drug-likeness (QED) is 0.490. The molecule has 0 saturated heterocycles. The number of hydrogen-bond acceptors (Lipinski definition) is 0. The van der Waals surface area contributed by atoms with Gasteiger partial charge < -0.3 is 0 Å². The van der Waals surface area contributed by atoms with Gasteiger partial charge in [0.25, 0.3) is 0 Å². The molecule has 1 saturated carbocycles. The van der Waals surface area contributed by atoms with Crippen LogP contribution in [-0.4, -0.2) is 10.2 Å². The van der Waals surface area contributed by atoms with E-state index in [4.69, 9.17) is 0 Å². The Labute approximate surface area is 74.2 Å². The van der Waals surface area contributed by atoms with Gasteiger partial charge in [-0.25, -0.2) is 0 Å². The van der Waals surface area contributed by atoms with Crippen molar-refractivity contribution in [3.63, 3.8) is 0 Å². The van der Waals surface area contributed by atoms with Crippen LogP contribution in [0.4, 0.5) is 0 Å². The molecule has 1 rings (SSSR count). The molecule has 0 radical (unpaired) electrons. The minimum absolute atomic E-state index is 0.576. The van der Waals surface area contributed by atoms with Crippen molar-refractivity contribution in [2.45, 2.75) is 52.0 Å². The molecule has 0 aromatic rings. The standard InChI is InChI=1S/C10H22Si/c1-10(2,3)8-6-4-5-7-9(8)11/h8-9H,4-7H2,1-3,11H3.